The van der Waals surface area contributed by atoms with E-state index in [1.54, 1.807) is 20.8 Å². The number of alkyl halides is 1. The number of carbonyl (C=O) groups excluding carboxylic acids is 1. The van der Waals surface area contributed by atoms with Gasteiger partial charge < -0.3 is 15.2 Å². The van der Waals surface area contributed by atoms with Crippen molar-refractivity contribution in [2.24, 2.45) is 5.41 Å². The number of rotatable bonds is 4. The third kappa shape index (κ3) is 5.75. The molecule has 1 rings (SSSR count). The minimum atomic E-state index is -0.923. The van der Waals surface area contributed by atoms with E-state index in [2.05, 4.69) is 5.32 Å². The van der Waals surface area contributed by atoms with E-state index in [4.69, 9.17) is 9.84 Å². The van der Waals surface area contributed by atoms with Gasteiger partial charge >= 0.3 is 12.1 Å². The molecule has 20 heavy (non-hydrogen) atoms. The molecule has 0 atom stereocenters. The van der Waals surface area contributed by atoms with Crippen LogP contribution >= 0.6 is 0 Å². The van der Waals surface area contributed by atoms with Crippen molar-refractivity contribution in [2.45, 2.75) is 64.6 Å². The first kappa shape index (κ1) is 16.7. The van der Waals surface area contributed by atoms with E-state index >= 15 is 0 Å². The number of carboxylic acid groups (broad SMARTS) is 1. The highest BCUT2D eigenvalue weighted by atomic mass is 19.1. The summed E-state index contributed by atoms with van der Waals surface area (Å²) in [5.74, 6) is -0.923. The van der Waals surface area contributed by atoms with E-state index < -0.39 is 29.3 Å². The second-order valence-corrected chi connectivity index (χ2v) is 6.60. The van der Waals surface area contributed by atoms with Crippen molar-refractivity contribution in [3.05, 3.63) is 0 Å². The summed E-state index contributed by atoms with van der Waals surface area (Å²) in [6.45, 7) is 5.48. The minimum absolute atomic E-state index is 0.0600. The molecule has 0 saturated heterocycles. The van der Waals surface area contributed by atoms with Crippen molar-refractivity contribution in [2.75, 3.05) is 6.54 Å². The van der Waals surface area contributed by atoms with Crippen LogP contribution in [0.25, 0.3) is 0 Å². The van der Waals surface area contributed by atoms with Gasteiger partial charge in [0.2, 0.25) is 0 Å². The Bertz CT molecular complexity index is 357. The fourth-order valence-corrected chi connectivity index (χ4v) is 2.51. The molecule has 0 aliphatic heterocycles. The quantitative estimate of drug-likeness (QED) is 0.834. The molecular weight excluding hydrogens is 265 g/mol. The summed E-state index contributed by atoms with van der Waals surface area (Å²) in [7, 11) is 0. The number of alkyl carbamates (subject to hydrolysis) is 1. The van der Waals surface area contributed by atoms with Gasteiger partial charge in [-0.1, -0.05) is 0 Å². The molecule has 0 aromatic carbocycles. The van der Waals surface area contributed by atoms with Gasteiger partial charge in [0.25, 0.3) is 0 Å². The Labute approximate surface area is 118 Å². The third-order valence-corrected chi connectivity index (χ3v) is 3.51. The molecule has 0 radical (unpaired) electrons. The van der Waals surface area contributed by atoms with Crippen molar-refractivity contribution in [1.29, 1.82) is 0 Å². The van der Waals surface area contributed by atoms with Gasteiger partial charge in [0.05, 0.1) is 6.42 Å². The van der Waals surface area contributed by atoms with Crippen molar-refractivity contribution in [1.82, 2.24) is 5.32 Å². The number of nitrogens with one attached hydrogen (secondary N) is 1. The van der Waals surface area contributed by atoms with Gasteiger partial charge in [0, 0.05) is 6.54 Å². The minimum Gasteiger partial charge on any atom is -0.481 e. The molecular formula is C14H24FNO4. The fraction of sp³-hybridized carbons (Fsp3) is 0.857. The standard InChI is InChI=1S/C14H24FNO4/c1-13(2,3)20-12(19)16-9-14(8-11(17)18)6-4-10(15)5-7-14/h10H,4-9H2,1-3H3,(H,16,19)(H,17,18). The number of carboxylic acids is 1. The Hall–Kier alpha value is -1.33. The summed E-state index contributed by atoms with van der Waals surface area (Å²) >= 11 is 0. The van der Waals surface area contributed by atoms with E-state index in [9.17, 15) is 14.0 Å². The van der Waals surface area contributed by atoms with Crippen molar-refractivity contribution in [3.63, 3.8) is 0 Å². The van der Waals surface area contributed by atoms with Crippen LogP contribution in [-0.4, -0.2) is 35.5 Å². The molecule has 5 nitrogen and oxygen atoms in total. The molecule has 1 fully saturated rings. The highest BCUT2D eigenvalue weighted by Gasteiger charge is 2.38. The van der Waals surface area contributed by atoms with Crippen LogP contribution in [0.4, 0.5) is 9.18 Å². The lowest BCUT2D eigenvalue weighted by Crippen LogP contribution is -2.43. The number of aliphatic carboxylic acids is 1. The summed E-state index contributed by atoms with van der Waals surface area (Å²) in [5.41, 5.74) is -1.16. The van der Waals surface area contributed by atoms with E-state index in [0.717, 1.165) is 0 Å². The topological polar surface area (TPSA) is 75.6 Å². The van der Waals surface area contributed by atoms with Crippen LogP contribution in [0.2, 0.25) is 0 Å². The van der Waals surface area contributed by atoms with Gasteiger partial charge in [-0.15, -0.1) is 0 Å². The largest absolute Gasteiger partial charge is 0.481 e. The number of amides is 1. The zero-order chi connectivity index (χ0) is 15.4. The molecule has 116 valence electrons. The highest BCUT2D eigenvalue weighted by Crippen LogP contribution is 2.40. The summed E-state index contributed by atoms with van der Waals surface area (Å²) in [6, 6.07) is 0. The summed E-state index contributed by atoms with van der Waals surface area (Å²) in [5, 5.41) is 11.6. The van der Waals surface area contributed by atoms with Crippen LogP contribution < -0.4 is 5.32 Å². The monoisotopic (exact) mass is 289 g/mol. The first-order valence-electron chi connectivity index (χ1n) is 6.95. The first-order valence-corrected chi connectivity index (χ1v) is 6.95. The second kappa shape index (κ2) is 6.41. The second-order valence-electron chi connectivity index (χ2n) is 6.60. The number of halogens is 1. The lowest BCUT2D eigenvalue weighted by Gasteiger charge is -2.37. The van der Waals surface area contributed by atoms with Crippen LogP contribution in [0.3, 0.4) is 0 Å². The van der Waals surface area contributed by atoms with Gasteiger partial charge in [-0.25, -0.2) is 9.18 Å². The first-order chi connectivity index (χ1) is 9.12. The maximum absolute atomic E-state index is 13.2. The van der Waals surface area contributed by atoms with E-state index in [1.165, 1.54) is 0 Å². The third-order valence-electron chi connectivity index (χ3n) is 3.51. The lowest BCUT2D eigenvalue weighted by molar-refractivity contribution is -0.140. The molecule has 1 amide bonds. The maximum atomic E-state index is 13.2. The summed E-state index contributed by atoms with van der Waals surface area (Å²) in [4.78, 5) is 22.6. The van der Waals surface area contributed by atoms with Gasteiger partial charge in [-0.05, 0) is 51.9 Å². The van der Waals surface area contributed by atoms with Crippen molar-refractivity contribution >= 4 is 12.1 Å². The van der Waals surface area contributed by atoms with Gasteiger partial charge in [-0.3, -0.25) is 4.79 Å². The zero-order valence-corrected chi connectivity index (χ0v) is 12.4. The average Bonchev–Trinajstić information content (AvgIpc) is 2.28. The number of ether oxygens (including phenoxy) is 1. The van der Waals surface area contributed by atoms with Crippen molar-refractivity contribution < 1.29 is 23.8 Å². The molecule has 0 unspecified atom stereocenters. The molecule has 2 N–H and O–H groups in total. The molecule has 6 heteroatoms. The molecule has 1 aliphatic carbocycles. The Morgan fingerprint density at radius 3 is 2.35 bits per heavy atom. The van der Waals surface area contributed by atoms with Gasteiger partial charge in [0.1, 0.15) is 11.8 Å². The molecule has 0 spiro atoms. The van der Waals surface area contributed by atoms with Crippen LogP contribution in [0, 0.1) is 5.41 Å². The van der Waals surface area contributed by atoms with Gasteiger partial charge in [-0.2, -0.15) is 0 Å². The van der Waals surface area contributed by atoms with Crippen LogP contribution in [-0.2, 0) is 9.53 Å². The lowest BCUT2D eigenvalue weighted by atomic mass is 9.71. The summed E-state index contributed by atoms with van der Waals surface area (Å²) in [6.07, 6.45) is 0.150. The Balaban J connectivity index is 2.57. The van der Waals surface area contributed by atoms with Crippen LogP contribution in [0.5, 0.6) is 0 Å². The molecule has 0 heterocycles. The number of hydrogen-bond acceptors (Lipinski definition) is 3. The zero-order valence-electron chi connectivity index (χ0n) is 12.4. The van der Waals surface area contributed by atoms with Crippen LogP contribution in [0.15, 0.2) is 0 Å². The van der Waals surface area contributed by atoms with E-state index in [1.807, 2.05) is 0 Å². The normalized spacial score (nSPS) is 26.9. The molecule has 0 aromatic heterocycles. The number of carbonyl (C=O) groups is 2. The number of hydrogen-bond donors (Lipinski definition) is 2. The molecule has 0 aromatic rings. The Morgan fingerprint density at radius 1 is 1.35 bits per heavy atom. The average molecular weight is 289 g/mol. The highest BCUT2D eigenvalue weighted by molar-refractivity contribution is 5.69. The van der Waals surface area contributed by atoms with E-state index in [0.29, 0.717) is 25.7 Å². The van der Waals surface area contributed by atoms with Crippen LogP contribution in [0.1, 0.15) is 52.9 Å². The predicted molar refractivity (Wildman–Crippen MR) is 72.3 cm³/mol. The summed E-state index contributed by atoms with van der Waals surface area (Å²) < 4.78 is 18.4. The molecule has 1 saturated carbocycles. The Kier molecular flexibility index (Phi) is 5.36. The van der Waals surface area contributed by atoms with E-state index in [-0.39, 0.29) is 13.0 Å². The van der Waals surface area contributed by atoms with Crippen molar-refractivity contribution in [3.8, 4) is 0 Å². The molecule has 0 bridgehead atoms. The predicted octanol–water partition coefficient (Wildman–Crippen LogP) is 2.88. The Morgan fingerprint density at radius 2 is 1.90 bits per heavy atom. The maximum Gasteiger partial charge on any atom is 0.407 e. The SMILES string of the molecule is CC(C)(C)OC(=O)NCC1(CC(=O)O)CCC(F)CC1. The fourth-order valence-electron chi connectivity index (χ4n) is 2.51. The molecule has 1 aliphatic rings. The van der Waals surface area contributed by atoms with Gasteiger partial charge in [0.15, 0.2) is 0 Å². The smallest absolute Gasteiger partial charge is 0.407 e.